The molecule has 0 radical (unpaired) electrons. The number of rotatable bonds is 5. The van der Waals surface area contributed by atoms with Crippen molar-refractivity contribution in [1.29, 1.82) is 0 Å². The Hall–Kier alpha value is -1.78. The van der Waals surface area contributed by atoms with Gasteiger partial charge in [-0.05, 0) is 37.7 Å². The van der Waals surface area contributed by atoms with Gasteiger partial charge in [-0.3, -0.25) is 9.36 Å². The van der Waals surface area contributed by atoms with E-state index in [0.717, 1.165) is 13.1 Å². The first-order valence-corrected chi connectivity index (χ1v) is 8.56. The third-order valence-electron chi connectivity index (χ3n) is 4.68. The second-order valence-corrected chi connectivity index (χ2v) is 7.11. The molecule has 1 aliphatic heterocycles. The van der Waals surface area contributed by atoms with Crippen molar-refractivity contribution in [3.8, 4) is 0 Å². The molecular weight excluding hydrogens is 274 g/mol. The molecule has 0 spiro atoms. The van der Waals surface area contributed by atoms with E-state index in [4.69, 9.17) is 0 Å². The standard InChI is InChI=1S/C17H25N5/c1-12(2)11-22-17(13-5-6-13)15(10-19-22)20-14-4-3-9-21-16(14)7-8-18-21/h7-8,10,12-14,20H,3-6,9,11H2,1-2H3. The first kappa shape index (κ1) is 13.9. The molecule has 4 rings (SSSR count). The minimum absolute atomic E-state index is 0.366. The van der Waals surface area contributed by atoms with Crippen LogP contribution in [-0.2, 0) is 13.1 Å². The molecule has 0 aromatic carbocycles. The minimum Gasteiger partial charge on any atom is -0.374 e. The smallest absolute Gasteiger partial charge is 0.0767 e. The first-order valence-electron chi connectivity index (χ1n) is 8.56. The fourth-order valence-corrected chi connectivity index (χ4v) is 3.54. The number of hydrogen-bond acceptors (Lipinski definition) is 3. The lowest BCUT2D eigenvalue weighted by Gasteiger charge is -2.25. The molecule has 0 bridgehead atoms. The van der Waals surface area contributed by atoms with E-state index in [1.54, 1.807) is 0 Å². The highest BCUT2D eigenvalue weighted by Crippen LogP contribution is 2.44. The molecule has 5 nitrogen and oxygen atoms in total. The Morgan fingerprint density at radius 2 is 2.14 bits per heavy atom. The highest BCUT2D eigenvalue weighted by molar-refractivity contribution is 5.51. The van der Waals surface area contributed by atoms with E-state index in [1.807, 2.05) is 12.4 Å². The maximum absolute atomic E-state index is 4.66. The van der Waals surface area contributed by atoms with Crippen LogP contribution < -0.4 is 5.32 Å². The van der Waals surface area contributed by atoms with E-state index in [-0.39, 0.29) is 0 Å². The fourth-order valence-electron chi connectivity index (χ4n) is 3.54. The number of nitrogens with one attached hydrogen (secondary N) is 1. The quantitative estimate of drug-likeness (QED) is 0.918. The summed E-state index contributed by atoms with van der Waals surface area (Å²) in [6.45, 7) is 6.56. The van der Waals surface area contributed by atoms with Crippen molar-refractivity contribution in [3.63, 3.8) is 0 Å². The lowest BCUT2D eigenvalue weighted by Crippen LogP contribution is -2.22. The second kappa shape index (κ2) is 5.45. The van der Waals surface area contributed by atoms with Crippen LogP contribution in [0.5, 0.6) is 0 Å². The molecule has 2 aromatic rings. The van der Waals surface area contributed by atoms with Gasteiger partial charge in [0.25, 0.3) is 0 Å². The Morgan fingerprint density at radius 3 is 2.91 bits per heavy atom. The summed E-state index contributed by atoms with van der Waals surface area (Å²) < 4.78 is 4.36. The molecule has 0 amide bonds. The zero-order chi connectivity index (χ0) is 15.1. The summed E-state index contributed by atoms with van der Waals surface area (Å²) in [5.74, 6) is 1.33. The van der Waals surface area contributed by atoms with Crippen LogP contribution in [0.2, 0.25) is 0 Å². The maximum atomic E-state index is 4.66. The monoisotopic (exact) mass is 299 g/mol. The van der Waals surface area contributed by atoms with E-state index < -0.39 is 0 Å². The Morgan fingerprint density at radius 1 is 1.27 bits per heavy atom. The maximum Gasteiger partial charge on any atom is 0.0767 e. The van der Waals surface area contributed by atoms with Gasteiger partial charge >= 0.3 is 0 Å². The van der Waals surface area contributed by atoms with Crippen LogP contribution in [0.3, 0.4) is 0 Å². The molecular formula is C17H25N5. The Labute approximate surface area is 131 Å². The third kappa shape index (κ3) is 2.53. The normalized spacial score (nSPS) is 21.1. The van der Waals surface area contributed by atoms with Crippen LogP contribution in [0.15, 0.2) is 18.5 Å². The molecule has 1 fully saturated rings. The van der Waals surface area contributed by atoms with Gasteiger partial charge in [-0.1, -0.05) is 13.8 Å². The number of aryl methyl sites for hydroxylation is 1. The average molecular weight is 299 g/mol. The predicted molar refractivity (Wildman–Crippen MR) is 86.9 cm³/mol. The molecule has 118 valence electrons. The lowest BCUT2D eigenvalue weighted by atomic mass is 10.0. The van der Waals surface area contributed by atoms with Gasteiger partial charge in [0.05, 0.1) is 29.3 Å². The van der Waals surface area contributed by atoms with Crippen molar-refractivity contribution in [2.45, 2.75) is 64.6 Å². The summed E-state index contributed by atoms with van der Waals surface area (Å²) in [5.41, 5.74) is 3.97. The summed E-state index contributed by atoms with van der Waals surface area (Å²) >= 11 is 0. The molecule has 1 saturated carbocycles. The van der Waals surface area contributed by atoms with Crippen molar-refractivity contribution in [1.82, 2.24) is 19.6 Å². The van der Waals surface area contributed by atoms with E-state index in [1.165, 1.54) is 42.8 Å². The molecule has 1 aliphatic carbocycles. The van der Waals surface area contributed by atoms with E-state index >= 15 is 0 Å². The van der Waals surface area contributed by atoms with E-state index in [0.29, 0.717) is 17.9 Å². The molecule has 1 unspecified atom stereocenters. The van der Waals surface area contributed by atoms with Crippen LogP contribution in [0.4, 0.5) is 5.69 Å². The average Bonchev–Trinajstić information content (AvgIpc) is 3.06. The van der Waals surface area contributed by atoms with Crippen molar-refractivity contribution < 1.29 is 0 Å². The van der Waals surface area contributed by atoms with Crippen LogP contribution in [0, 0.1) is 5.92 Å². The minimum atomic E-state index is 0.366. The molecule has 2 aliphatic rings. The number of nitrogens with zero attached hydrogens (tertiary/aromatic N) is 4. The second-order valence-electron chi connectivity index (χ2n) is 7.11. The molecule has 0 saturated heterocycles. The molecule has 2 aromatic heterocycles. The van der Waals surface area contributed by atoms with E-state index in [2.05, 4.69) is 44.8 Å². The number of fused-ring (bicyclic) bond motifs is 1. The van der Waals surface area contributed by atoms with Gasteiger partial charge in [0.15, 0.2) is 0 Å². The van der Waals surface area contributed by atoms with Crippen LogP contribution >= 0.6 is 0 Å². The summed E-state index contributed by atoms with van der Waals surface area (Å²) in [7, 11) is 0. The highest BCUT2D eigenvalue weighted by atomic mass is 15.3. The predicted octanol–water partition coefficient (Wildman–Crippen LogP) is 3.56. The Balaban J connectivity index is 1.60. The molecule has 3 heterocycles. The summed E-state index contributed by atoms with van der Waals surface area (Å²) in [5, 5.41) is 12.8. The number of anilines is 1. The van der Waals surface area contributed by atoms with Crippen molar-refractivity contribution >= 4 is 5.69 Å². The van der Waals surface area contributed by atoms with Crippen LogP contribution in [0.25, 0.3) is 0 Å². The van der Waals surface area contributed by atoms with E-state index in [9.17, 15) is 0 Å². The van der Waals surface area contributed by atoms with Gasteiger partial charge in [0.1, 0.15) is 0 Å². The van der Waals surface area contributed by atoms with Crippen molar-refractivity contribution in [2.75, 3.05) is 5.32 Å². The lowest BCUT2D eigenvalue weighted by molar-refractivity contribution is 0.445. The zero-order valence-electron chi connectivity index (χ0n) is 13.5. The van der Waals surface area contributed by atoms with Crippen LogP contribution in [-0.4, -0.2) is 19.6 Å². The SMILES string of the molecule is CC(C)Cn1ncc(NC2CCCn3nccc32)c1C1CC1. The van der Waals surface area contributed by atoms with Gasteiger partial charge < -0.3 is 5.32 Å². The summed E-state index contributed by atoms with van der Waals surface area (Å²) in [6.07, 6.45) is 8.92. The highest BCUT2D eigenvalue weighted by Gasteiger charge is 2.32. The first-order chi connectivity index (χ1) is 10.7. The van der Waals surface area contributed by atoms with Gasteiger partial charge in [0.2, 0.25) is 0 Å². The summed E-state index contributed by atoms with van der Waals surface area (Å²) in [4.78, 5) is 0. The zero-order valence-corrected chi connectivity index (χ0v) is 13.5. The molecule has 1 N–H and O–H groups in total. The van der Waals surface area contributed by atoms with Gasteiger partial charge in [-0.2, -0.15) is 10.2 Å². The molecule has 5 heteroatoms. The molecule has 1 atom stereocenters. The molecule has 22 heavy (non-hydrogen) atoms. The van der Waals surface area contributed by atoms with Gasteiger partial charge in [-0.25, -0.2) is 0 Å². The Bertz CT molecular complexity index is 650. The Kier molecular flexibility index (Phi) is 3.43. The third-order valence-corrected chi connectivity index (χ3v) is 4.68. The number of hydrogen-bond donors (Lipinski definition) is 1. The largest absolute Gasteiger partial charge is 0.374 e. The fraction of sp³-hybridized carbons (Fsp3) is 0.647. The number of aromatic nitrogens is 4. The van der Waals surface area contributed by atoms with Crippen molar-refractivity contribution in [2.24, 2.45) is 5.92 Å². The van der Waals surface area contributed by atoms with Crippen LogP contribution in [0.1, 0.15) is 62.9 Å². The van der Waals surface area contributed by atoms with Crippen molar-refractivity contribution in [3.05, 3.63) is 29.8 Å². The van der Waals surface area contributed by atoms with Gasteiger partial charge in [-0.15, -0.1) is 0 Å². The summed E-state index contributed by atoms with van der Waals surface area (Å²) in [6, 6.07) is 2.51. The van der Waals surface area contributed by atoms with Gasteiger partial charge in [0, 0.05) is 25.2 Å². The topological polar surface area (TPSA) is 47.7 Å².